The number of hydrogen-bond donors (Lipinski definition) is 2. The predicted molar refractivity (Wildman–Crippen MR) is 121 cm³/mol. The maximum Gasteiger partial charge on any atom is 0.192 e. The lowest BCUT2D eigenvalue weighted by molar-refractivity contribution is 0.269. The largest absolute Gasteiger partial charge is 0.357 e. The minimum absolute atomic E-state index is 0. The highest BCUT2D eigenvalue weighted by Gasteiger charge is 2.12. The Bertz CT molecular complexity index is 579. The van der Waals surface area contributed by atoms with Crippen LogP contribution in [0.25, 0.3) is 0 Å². The molecule has 1 aromatic carbocycles. The van der Waals surface area contributed by atoms with Gasteiger partial charge < -0.3 is 15.5 Å². The number of benzene rings is 1. The van der Waals surface area contributed by atoms with Gasteiger partial charge in [-0.25, -0.2) is 4.99 Å². The van der Waals surface area contributed by atoms with Crippen molar-refractivity contribution in [2.24, 2.45) is 4.99 Å². The molecular formula is C20H32IN5. The summed E-state index contributed by atoms with van der Waals surface area (Å²) >= 11 is 0. The summed E-state index contributed by atoms with van der Waals surface area (Å²) in [5.74, 6) is 3.33. The van der Waals surface area contributed by atoms with Gasteiger partial charge in [0, 0.05) is 26.2 Å². The number of nitrogens with zero attached hydrogens (tertiary/aromatic N) is 3. The lowest BCUT2D eigenvalue weighted by Gasteiger charge is -2.20. The number of hydrogen-bond acceptors (Lipinski definition) is 3. The molecule has 1 aliphatic heterocycles. The molecule has 1 fully saturated rings. The summed E-state index contributed by atoms with van der Waals surface area (Å²) in [7, 11) is 2.21. The fourth-order valence-corrected chi connectivity index (χ4v) is 2.91. The zero-order valence-electron chi connectivity index (χ0n) is 16.0. The molecule has 0 spiro atoms. The molecule has 0 saturated carbocycles. The van der Waals surface area contributed by atoms with Crippen molar-refractivity contribution in [3.63, 3.8) is 0 Å². The molecule has 1 aliphatic rings. The Balaban J connectivity index is 0.00000338. The fraction of sp³-hybridized carbons (Fsp3) is 0.550. The summed E-state index contributed by atoms with van der Waals surface area (Å²) in [6.07, 6.45) is 6.54. The molecule has 1 saturated heterocycles. The van der Waals surface area contributed by atoms with Crippen molar-refractivity contribution in [3.8, 4) is 12.3 Å². The standard InChI is InChI=1S/C20H31N5.HI/c1-4-11-22-20(21-5-2)23-16-18-7-9-19(10-8-18)17-25-13-6-12-24(3)14-15-25;/h1,7-10H,5-6,11-17H2,2-3H3,(H2,21,22,23);1H. The summed E-state index contributed by atoms with van der Waals surface area (Å²) < 4.78 is 0. The minimum Gasteiger partial charge on any atom is -0.357 e. The van der Waals surface area contributed by atoms with Crippen LogP contribution in [0.15, 0.2) is 29.3 Å². The van der Waals surface area contributed by atoms with Crippen molar-refractivity contribution in [1.29, 1.82) is 0 Å². The first-order chi connectivity index (χ1) is 12.2. The molecule has 0 amide bonds. The van der Waals surface area contributed by atoms with Crippen LogP contribution in [-0.4, -0.2) is 62.1 Å². The van der Waals surface area contributed by atoms with Gasteiger partial charge in [0.2, 0.25) is 0 Å². The van der Waals surface area contributed by atoms with Gasteiger partial charge in [-0.2, -0.15) is 0 Å². The third-order valence-electron chi connectivity index (χ3n) is 4.36. The second kappa shape index (κ2) is 13.0. The van der Waals surface area contributed by atoms with Crippen molar-refractivity contribution in [2.45, 2.75) is 26.4 Å². The third-order valence-corrected chi connectivity index (χ3v) is 4.36. The van der Waals surface area contributed by atoms with Crippen LogP contribution in [0.1, 0.15) is 24.5 Å². The van der Waals surface area contributed by atoms with E-state index in [-0.39, 0.29) is 24.0 Å². The van der Waals surface area contributed by atoms with Crippen LogP contribution in [0.2, 0.25) is 0 Å². The number of terminal acetylenes is 1. The zero-order valence-corrected chi connectivity index (χ0v) is 18.3. The molecule has 0 unspecified atom stereocenters. The van der Waals surface area contributed by atoms with Crippen LogP contribution >= 0.6 is 24.0 Å². The van der Waals surface area contributed by atoms with Crippen LogP contribution < -0.4 is 10.6 Å². The first-order valence-corrected chi connectivity index (χ1v) is 9.15. The first kappa shape index (κ1) is 22.7. The van der Waals surface area contributed by atoms with Crippen molar-refractivity contribution >= 4 is 29.9 Å². The lowest BCUT2D eigenvalue weighted by Crippen LogP contribution is -2.37. The number of aliphatic imine (C=N–C) groups is 1. The highest BCUT2D eigenvalue weighted by molar-refractivity contribution is 14.0. The highest BCUT2D eigenvalue weighted by Crippen LogP contribution is 2.10. The Morgan fingerprint density at radius 2 is 1.85 bits per heavy atom. The molecule has 0 bridgehead atoms. The van der Waals surface area contributed by atoms with E-state index < -0.39 is 0 Å². The van der Waals surface area contributed by atoms with Crippen LogP contribution in [0.5, 0.6) is 0 Å². The van der Waals surface area contributed by atoms with Gasteiger partial charge in [-0.1, -0.05) is 30.2 Å². The lowest BCUT2D eigenvalue weighted by atomic mass is 10.1. The maximum atomic E-state index is 5.29. The summed E-state index contributed by atoms with van der Waals surface area (Å²) in [5, 5.41) is 6.30. The number of rotatable bonds is 6. The molecule has 144 valence electrons. The number of guanidine groups is 1. The Morgan fingerprint density at radius 3 is 2.54 bits per heavy atom. The second-order valence-electron chi connectivity index (χ2n) is 6.50. The monoisotopic (exact) mass is 469 g/mol. The summed E-state index contributed by atoms with van der Waals surface area (Å²) in [4.78, 5) is 9.53. The summed E-state index contributed by atoms with van der Waals surface area (Å²) in [6.45, 7) is 9.72. The van der Waals surface area contributed by atoms with E-state index in [4.69, 9.17) is 6.42 Å². The van der Waals surface area contributed by atoms with Gasteiger partial charge in [0.15, 0.2) is 5.96 Å². The topological polar surface area (TPSA) is 42.9 Å². The maximum absolute atomic E-state index is 5.29. The van der Waals surface area contributed by atoms with E-state index in [1.54, 1.807) is 0 Å². The third kappa shape index (κ3) is 8.39. The molecule has 0 aliphatic carbocycles. The highest BCUT2D eigenvalue weighted by atomic mass is 127. The van der Waals surface area contributed by atoms with E-state index in [0.717, 1.165) is 32.1 Å². The molecule has 26 heavy (non-hydrogen) atoms. The van der Waals surface area contributed by atoms with E-state index in [0.29, 0.717) is 13.1 Å². The predicted octanol–water partition coefficient (Wildman–Crippen LogP) is 2.13. The quantitative estimate of drug-likeness (QED) is 0.290. The molecule has 0 aromatic heterocycles. The van der Waals surface area contributed by atoms with Crippen molar-refractivity contribution in [1.82, 2.24) is 20.4 Å². The number of nitrogens with one attached hydrogen (secondary N) is 2. The van der Waals surface area contributed by atoms with E-state index in [1.807, 2.05) is 6.92 Å². The Kier molecular flexibility index (Phi) is 11.3. The first-order valence-electron chi connectivity index (χ1n) is 9.15. The summed E-state index contributed by atoms with van der Waals surface area (Å²) in [6, 6.07) is 8.80. The van der Waals surface area contributed by atoms with Crippen molar-refractivity contribution in [2.75, 3.05) is 46.3 Å². The molecular weight excluding hydrogens is 437 g/mol. The van der Waals surface area contributed by atoms with Gasteiger partial charge in [-0.15, -0.1) is 30.4 Å². The van der Waals surface area contributed by atoms with E-state index in [2.05, 4.69) is 62.7 Å². The summed E-state index contributed by atoms with van der Waals surface area (Å²) in [5.41, 5.74) is 2.58. The van der Waals surface area contributed by atoms with Crippen molar-refractivity contribution < 1.29 is 0 Å². The Hall–Kier alpha value is -1.30. The SMILES string of the molecule is C#CCNC(=NCc1ccc(CN2CCCN(C)CC2)cc1)NCC.I. The van der Waals surface area contributed by atoms with E-state index >= 15 is 0 Å². The average molecular weight is 469 g/mol. The van der Waals surface area contributed by atoms with Crippen LogP contribution in [0.3, 0.4) is 0 Å². The second-order valence-corrected chi connectivity index (χ2v) is 6.50. The van der Waals surface area contributed by atoms with Gasteiger partial charge >= 0.3 is 0 Å². The average Bonchev–Trinajstić information content (AvgIpc) is 2.83. The van der Waals surface area contributed by atoms with Crippen LogP contribution in [-0.2, 0) is 13.1 Å². The normalized spacial score (nSPS) is 16.3. The number of likely N-dealkylation sites (N-methyl/N-ethyl adjacent to an activating group) is 1. The Labute approximate surface area is 175 Å². The van der Waals surface area contributed by atoms with Gasteiger partial charge in [-0.05, 0) is 44.6 Å². The molecule has 0 radical (unpaired) electrons. The minimum atomic E-state index is 0. The number of halogens is 1. The zero-order chi connectivity index (χ0) is 17.9. The van der Waals surface area contributed by atoms with Gasteiger partial charge in [0.05, 0.1) is 13.1 Å². The van der Waals surface area contributed by atoms with Gasteiger partial charge in [0.25, 0.3) is 0 Å². The molecule has 2 rings (SSSR count). The van der Waals surface area contributed by atoms with Crippen LogP contribution in [0.4, 0.5) is 0 Å². The molecule has 2 N–H and O–H groups in total. The van der Waals surface area contributed by atoms with Crippen LogP contribution in [0, 0.1) is 12.3 Å². The van der Waals surface area contributed by atoms with Gasteiger partial charge in [-0.3, -0.25) is 4.90 Å². The molecule has 1 aromatic rings. The van der Waals surface area contributed by atoms with E-state index in [9.17, 15) is 0 Å². The Morgan fingerprint density at radius 1 is 1.12 bits per heavy atom. The van der Waals surface area contributed by atoms with E-state index in [1.165, 1.54) is 30.6 Å². The van der Waals surface area contributed by atoms with Gasteiger partial charge in [0.1, 0.15) is 0 Å². The van der Waals surface area contributed by atoms with Crippen molar-refractivity contribution in [3.05, 3.63) is 35.4 Å². The molecule has 0 atom stereocenters. The molecule has 5 nitrogen and oxygen atoms in total. The smallest absolute Gasteiger partial charge is 0.192 e. The fourth-order valence-electron chi connectivity index (χ4n) is 2.91. The molecule has 1 heterocycles. The molecule has 6 heteroatoms.